The van der Waals surface area contributed by atoms with E-state index in [1.165, 1.54) is 10.9 Å². The van der Waals surface area contributed by atoms with E-state index in [2.05, 4.69) is 34.1 Å². The molecule has 5 rings (SSSR count). The van der Waals surface area contributed by atoms with Gasteiger partial charge in [-0.2, -0.15) is 0 Å². The second-order valence-electron chi connectivity index (χ2n) is 8.65. The number of amides is 1. The number of imidazole rings is 1. The summed E-state index contributed by atoms with van der Waals surface area (Å²) >= 11 is 1.77. The lowest BCUT2D eigenvalue weighted by Crippen LogP contribution is -2.49. The molecule has 0 unspecified atom stereocenters. The van der Waals surface area contributed by atoms with Crippen LogP contribution in [0, 0.1) is 0 Å². The van der Waals surface area contributed by atoms with Crippen molar-refractivity contribution in [3.05, 3.63) is 54.4 Å². The van der Waals surface area contributed by atoms with E-state index in [1.54, 1.807) is 18.9 Å². The van der Waals surface area contributed by atoms with E-state index < -0.39 is 0 Å². The number of rotatable bonds is 6. The average molecular weight is 467 g/mol. The summed E-state index contributed by atoms with van der Waals surface area (Å²) < 4.78 is 13.1. The van der Waals surface area contributed by atoms with Crippen LogP contribution in [0.5, 0.6) is 5.75 Å². The number of likely N-dealkylation sites (tertiary alicyclic amines) is 1. The van der Waals surface area contributed by atoms with E-state index in [1.807, 2.05) is 41.0 Å². The number of carbonyl (C=O) groups excluding carboxylic acids is 1. The van der Waals surface area contributed by atoms with E-state index in [4.69, 9.17) is 9.47 Å². The first kappa shape index (κ1) is 22.3. The molecule has 33 heavy (non-hydrogen) atoms. The van der Waals surface area contributed by atoms with Crippen LogP contribution in [0.3, 0.4) is 0 Å². The van der Waals surface area contributed by atoms with Crippen LogP contribution in [0.1, 0.15) is 12.0 Å². The number of hydrogen-bond acceptors (Lipinski definition) is 6. The molecule has 0 saturated carbocycles. The van der Waals surface area contributed by atoms with Gasteiger partial charge in [-0.05, 0) is 23.4 Å². The topological polar surface area (TPSA) is 59.8 Å². The van der Waals surface area contributed by atoms with Crippen LogP contribution in [-0.4, -0.2) is 76.5 Å². The molecule has 3 heterocycles. The van der Waals surface area contributed by atoms with Crippen molar-refractivity contribution in [2.75, 3.05) is 40.0 Å². The zero-order valence-electron chi connectivity index (χ0n) is 19.1. The van der Waals surface area contributed by atoms with Crippen molar-refractivity contribution in [2.24, 2.45) is 7.05 Å². The fourth-order valence-corrected chi connectivity index (χ4v) is 6.05. The molecule has 2 fully saturated rings. The Morgan fingerprint density at radius 1 is 1.18 bits per heavy atom. The molecule has 0 aliphatic carbocycles. The van der Waals surface area contributed by atoms with Crippen LogP contribution < -0.4 is 4.74 Å². The van der Waals surface area contributed by atoms with Crippen LogP contribution in [-0.2, 0) is 23.1 Å². The van der Waals surface area contributed by atoms with Gasteiger partial charge in [0, 0.05) is 56.3 Å². The predicted molar refractivity (Wildman–Crippen MR) is 130 cm³/mol. The van der Waals surface area contributed by atoms with Gasteiger partial charge < -0.3 is 18.9 Å². The molecular formula is C25H30N4O3S. The Hall–Kier alpha value is -2.55. The van der Waals surface area contributed by atoms with Crippen molar-refractivity contribution in [2.45, 2.75) is 29.4 Å². The molecule has 2 aromatic carbocycles. The predicted octanol–water partition coefficient (Wildman–Crippen LogP) is 3.18. The van der Waals surface area contributed by atoms with Gasteiger partial charge in [-0.3, -0.25) is 9.69 Å². The van der Waals surface area contributed by atoms with Gasteiger partial charge in [-0.1, -0.05) is 42.1 Å². The Morgan fingerprint density at radius 2 is 1.97 bits per heavy atom. The molecule has 174 valence electrons. The lowest BCUT2D eigenvalue weighted by atomic mass is 10.0. The number of methoxy groups -OCH3 is 1. The van der Waals surface area contributed by atoms with Gasteiger partial charge in [-0.15, -0.1) is 0 Å². The molecule has 8 heteroatoms. The van der Waals surface area contributed by atoms with Gasteiger partial charge in [0.05, 0.1) is 26.4 Å². The van der Waals surface area contributed by atoms with E-state index >= 15 is 0 Å². The van der Waals surface area contributed by atoms with Crippen LogP contribution in [0.2, 0.25) is 0 Å². The molecular weight excluding hydrogens is 436 g/mol. The van der Waals surface area contributed by atoms with E-state index in [9.17, 15) is 4.79 Å². The lowest BCUT2D eigenvalue weighted by Gasteiger charge is -2.32. The highest BCUT2D eigenvalue weighted by Gasteiger charge is 2.40. The first-order chi connectivity index (χ1) is 16.1. The summed E-state index contributed by atoms with van der Waals surface area (Å²) in [5.41, 5.74) is 1.22. The number of hydrogen-bond donors (Lipinski definition) is 0. The van der Waals surface area contributed by atoms with Gasteiger partial charge >= 0.3 is 0 Å². The monoisotopic (exact) mass is 466 g/mol. The van der Waals surface area contributed by atoms with Gasteiger partial charge in [0.15, 0.2) is 5.16 Å². The number of aromatic nitrogens is 2. The second kappa shape index (κ2) is 9.75. The number of morpholine rings is 1. The molecule has 0 radical (unpaired) electrons. The van der Waals surface area contributed by atoms with Crippen molar-refractivity contribution >= 4 is 28.4 Å². The fraction of sp³-hybridized carbons (Fsp3) is 0.440. The minimum Gasteiger partial charge on any atom is -0.496 e. The summed E-state index contributed by atoms with van der Waals surface area (Å²) in [6, 6.07) is 12.4. The number of fused-ring (bicyclic) bond motifs is 1. The molecule has 3 aromatic rings. The minimum atomic E-state index is -0.137. The van der Waals surface area contributed by atoms with Gasteiger partial charge in [0.25, 0.3) is 0 Å². The molecule has 2 aliphatic heterocycles. The van der Waals surface area contributed by atoms with Crippen molar-refractivity contribution in [3.8, 4) is 5.75 Å². The number of nitrogens with zero attached hydrogens (tertiary/aromatic N) is 4. The Morgan fingerprint density at radius 3 is 2.70 bits per heavy atom. The summed E-state index contributed by atoms with van der Waals surface area (Å²) in [7, 11) is 3.72. The Kier molecular flexibility index (Phi) is 6.57. The summed E-state index contributed by atoms with van der Waals surface area (Å²) in [4.78, 5) is 22.4. The maximum absolute atomic E-state index is 13.6. The third-order valence-corrected chi connectivity index (χ3v) is 7.87. The van der Waals surface area contributed by atoms with Gasteiger partial charge in [0.1, 0.15) is 5.75 Å². The van der Waals surface area contributed by atoms with Gasteiger partial charge in [0.2, 0.25) is 5.91 Å². The maximum Gasteiger partial charge on any atom is 0.240 e. The standard InChI is InChI=1S/C25H30N4O3S/c1-27-10-9-26-25(27)33-19-15-22(24(30)28-11-13-32-14-12-28)29(17-19)16-18-7-8-23(31-2)21-6-4-3-5-20(18)21/h3-10,19,22H,11-17H2,1-2H3/t19-,22+/m1/s1. The van der Waals surface area contributed by atoms with E-state index in [0.717, 1.165) is 35.8 Å². The highest BCUT2D eigenvalue weighted by Crippen LogP contribution is 2.35. The number of thioether (sulfide) groups is 1. The Bertz CT molecular complexity index is 1130. The summed E-state index contributed by atoms with van der Waals surface area (Å²) in [6.45, 7) is 4.15. The van der Waals surface area contributed by atoms with Crippen LogP contribution in [0.4, 0.5) is 0 Å². The minimum absolute atomic E-state index is 0.137. The first-order valence-electron chi connectivity index (χ1n) is 11.4. The molecule has 7 nitrogen and oxygen atoms in total. The van der Waals surface area contributed by atoms with Crippen LogP contribution in [0.25, 0.3) is 10.8 Å². The summed E-state index contributed by atoms with van der Waals surface area (Å²) in [5, 5.41) is 3.58. The average Bonchev–Trinajstić information content (AvgIpc) is 3.45. The van der Waals surface area contributed by atoms with E-state index in [-0.39, 0.29) is 11.9 Å². The third-order valence-electron chi connectivity index (χ3n) is 6.59. The third kappa shape index (κ3) is 4.60. The number of benzene rings is 2. The molecule has 0 spiro atoms. The molecule has 2 aliphatic rings. The number of ether oxygens (including phenoxy) is 2. The summed E-state index contributed by atoms with van der Waals surface area (Å²) in [6.07, 6.45) is 4.62. The van der Waals surface area contributed by atoms with Gasteiger partial charge in [-0.25, -0.2) is 4.98 Å². The molecule has 2 atom stereocenters. The summed E-state index contributed by atoms with van der Waals surface area (Å²) in [5.74, 6) is 1.10. The zero-order valence-corrected chi connectivity index (χ0v) is 20.0. The zero-order chi connectivity index (χ0) is 22.8. The molecule has 1 amide bonds. The largest absolute Gasteiger partial charge is 0.496 e. The fourth-order valence-electron chi connectivity index (χ4n) is 4.86. The van der Waals surface area contributed by atoms with Crippen molar-refractivity contribution < 1.29 is 14.3 Å². The van der Waals surface area contributed by atoms with Crippen molar-refractivity contribution in [1.29, 1.82) is 0 Å². The quantitative estimate of drug-likeness (QED) is 0.556. The number of aryl methyl sites for hydroxylation is 1. The van der Waals surface area contributed by atoms with Crippen molar-refractivity contribution in [3.63, 3.8) is 0 Å². The Labute approximate surface area is 198 Å². The SMILES string of the molecule is COc1ccc(CN2C[C@H](Sc3nccn3C)C[C@H]2C(=O)N2CCOCC2)c2ccccc12. The van der Waals surface area contributed by atoms with E-state index in [0.29, 0.717) is 31.6 Å². The molecule has 0 N–H and O–H groups in total. The highest BCUT2D eigenvalue weighted by atomic mass is 32.2. The van der Waals surface area contributed by atoms with Crippen molar-refractivity contribution in [1.82, 2.24) is 19.4 Å². The lowest BCUT2D eigenvalue weighted by molar-refractivity contribution is -0.140. The highest BCUT2D eigenvalue weighted by molar-refractivity contribution is 7.99. The Balaban J connectivity index is 1.42. The molecule has 1 aromatic heterocycles. The maximum atomic E-state index is 13.6. The molecule has 2 saturated heterocycles. The first-order valence-corrected chi connectivity index (χ1v) is 12.3. The van der Waals surface area contributed by atoms with Crippen LogP contribution >= 0.6 is 11.8 Å². The normalized spacial score (nSPS) is 21.6. The smallest absolute Gasteiger partial charge is 0.240 e. The van der Waals surface area contributed by atoms with Crippen LogP contribution in [0.15, 0.2) is 53.9 Å². The second-order valence-corrected chi connectivity index (χ2v) is 9.92. The number of carbonyl (C=O) groups is 1. The molecule has 0 bridgehead atoms.